The quantitative estimate of drug-likeness (QED) is 0.916. The molecule has 2 aromatic rings. The lowest BCUT2D eigenvalue weighted by atomic mass is 9.94. The van der Waals surface area contributed by atoms with Gasteiger partial charge in [-0.25, -0.2) is 4.98 Å². The molecule has 1 N–H and O–H groups in total. The standard InChI is InChI=1S/C19H27N3O2/c1-14-7-6-10-22-18(24)11-16(20-19(14)22)13-21(12-15(2)23)17-8-4-3-5-9-17/h6-7,10-11,15,17,23H,3-5,8-9,12-13H2,1-2H3. The molecule has 1 aliphatic carbocycles. The van der Waals surface area contributed by atoms with Crippen LogP contribution < -0.4 is 5.56 Å². The fraction of sp³-hybridized carbons (Fsp3) is 0.579. The van der Waals surface area contributed by atoms with Crippen LogP contribution in [0.3, 0.4) is 0 Å². The summed E-state index contributed by atoms with van der Waals surface area (Å²) in [6.07, 6.45) is 7.50. The second-order valence-electron chi connectivity index (χ2n) is 7.04. The summed E-state index contributed by atoms with van der Waals surface area (Å²) in [4.78, 5) is 19.4. The van der Waals surface area contributed by atoms with Crippen LogP contribution in [-0.2, 0) is 6.54 Å². The number of aliphatic hydroxyl groups is 1. The van der Waals surface area contributed by atoms with E-state index in [2.05, 4.69) is 4.90 Å². The number of fused-ring (bicyclic) bond motifs is 1. The zero-order valence-electron chi connectivity index (χ0n) is 14.6. The number of rotatable bonds is 5. The smallest absolute Gasteiger partial charge is 0.258 e. The predicted octanol–water partition coefficient (Wildman–Crippen LogP) is 2.52. The monoisotopic (exact) mass is 329 g/mol. The Morgan fingerprint density at radius 1 is 1.38 bits per heavy atom. The van der Waals surface area contributed by atoms with Crippen molar-refractivity contribution in [2.45, 2.75) is 64.6 Å². The predicted molar refractivity (Wildman–Crippen MR) is 95.2 cm³/mol. The van der Waals surface area contributed by atoms with E-state index in [1.165, 1.54) is 19.3 Å². The Morgan fingerprint density at radius 2 is 2.12 bits per heavy atom. The van der Waals surface area contributed by atoms with E-state index in [0.29, 0.717) is 19.1 Å². The molecule has 5 nitrogen and oxygen atoms in total. The summed E-state index contributed by atoms with van der Waals surface area (Å²) in [5.41, 5.74) is 2.47. The van der Waals surface area contributed by atoms with Gasteiger partial charge in [0.1, 0.15) is 5.65 Å². The molecule has 0 radical (unpaired) electrons. The van der Waals surface area contributed by atoms with Gasteiger partial charge in [0, 0.05) is 31.4 Å². The van der Waals surface area contributed by atoms with Gasteiger partial charge < -0.3 is 5.11 Å². The Labute approximate surface area is 143 Å². The number of aromatic nitrogens is 2. The second-order valence-corrected chi connectivity index (χ2v) is 7.04. The van der Waals surface area contributed by atoms with Crippen molar-refractivity contribution in [2.75, 3.05) is 6.54 Å². The van der Waals surface area contributed by atoms with Crippen molar-refractivity contribution < 1.29 is 5.11 Å². The molecule has 0 aliphatic heterocycles. The minimum absolute atomic E-state index is 0.0423. The lowest BCUT2D eigenvalue weighted by Gasteiger charge is -2.34. The summed E-state index contributed by atoms with van der Waals surface area (Å²) in [6, 6.07) is 5.95. The minimum atomic E-state index is -0.379. The van der Waals surface area contributed by atoms with E-state index < -0.39 is 0 Å². The molecule has 0 bridgehead atoms. The van der Waals surface area contributed by atoms with E-state index in [0.717, 1.165) is 29.7 Å². The van der Waals surface area contributed by atoms with Gasteiger partial charge in [-0.1, -0.05) is 25.3 Å². The van der Waals surface area contributed by atoms with Gasteiger partial charge in [-0.3, -0.25) is 14.1 Å². The van der Waals surface area contributed by atoms with Gasteiger partial charge >= 0.3 is 0 Å². The second kappa shape index (κ2) is 7.45. The van der Waals surface area contributed by atoms with Crippen LogP contribution in [0.5, 0.6) is 0 Å². The highest BCUT2D eigenvalue weighted by Crippen LogP contribution is 2.24. The third-order valence-corrected chi connectivity index (χ3v) is 4.89. The van der Waals surface area contributed by atoms with E-state index >= 15 is 0 Å². The number of hydrogen-bond donors (Lipinski definition) is 1. The Kier molecular flexibility index (Phi) is 5.31. The summed E-state index contributed by atoms with van der Waals surface area (Å²) in [5, 5.41) is 9.87. The molecule has 1 fully saturated rings. The fourth-order valence-corrected chi connectivity index (χ4v) is 3.73. The molecule has 1 aliphatic rings. The van der Waals surface area contributed by atoms with Crippen molar-refractivity contribution in [2.24, 2.45) is 0 Å². The average Bonchev–Trinajstić information content (AvgIpc) is 2.56. The number of nitrogens with zero attached hydrogens (tertiary/aromatic N) is 3. The lowest BCUT2D eigenvalue weighted by Crippen LogP contribution is -2.41. The van der Waals surface area contributed by atoms with E-state index in [9.17, 15) is 9.90 Å². The van der Waals surface area contributed by atoms with Crippen LogP contribution in [0.25, 0.3) is 5.65 Å². The maximum absolute atomic E-state index is 12.4. The molecule has 1 unspecified atom stereocenters. The Bertz CT molecular complexity index is 748. The highest BCUT2D eigenvalue weighted by atomic mass is 16.3. The van der Waals surface area contributed by atoms with E-state index in [1.807, 2.05) is 26.0 Å². The van der Waals surface area contributed by atoms with Crippen molar-refractivity contribution in [3.63, 3.8) is 0 Å². The molecule has 130 valence electrons. The number of pyridine rings is 1. The van der Waals surface area contributed by atoms with Gasteiger partial charge in [-0.2, -0.15) is 0 Å². The number of aliphatic hydroxyl groups excluding tert-OH is 1. The van der Waals surface area contributed by atoms with Crippen molar-refractivity contribution in [3.05, 3.63) is 46.0 Å². The molecule has 1 atom stereocenters. The molecule has 2 heterocycles. The Balaban J connectivity index is 1.89. The summed E-state index contributed by atoms with van der Waals surface area (Å²) in [6.45, 7) is 5.04. The summed E-state index contributed by atoms with van der Waals surface area (Å²) in [5.74, 6) is 0. The van der Waals surface area contributed by atoms with Crippen molar-refractivity contribution in [1.82, 2.24) is 14.3 Å². The van der Waals surface area contributed by atoms with Crippen LogP contribution >= 0.6 is 0 Å². The first kappa shape index (κ1) is 17.1. The molecule has 3 rings (SSSR count). The first-order chi connectivity index (χ1) is 11.5. The first-order valence-electron chi connectivity index (χ1n) is 8.94. The number of hydrogen-bond acceptors (Lipinski definition) is 4. The van der Waals surface area contributed by atoms with Gasteiger partial charge in [-0.15, -0.1) is 0 Å². The first-order valence-corrected chi connectivity index (χ1v) is 8.94. The normalized spacial score (nSPS) is 17.5. The molecular formula is C19H27N3O2. The van der Waals surface area contributed by atoms with Crippen LogP contribution in [0.15, 0.2) is 29.2 Å². The Hall–Kier alpha value is -1.72. The van der Waals surface area contributed by atoms with Crippen LogP contribution in [-0.4, -0.2) is 38.1 Å². The molecule has 1 saturated carbocycles. The van der Waals surface area contributed by atoms with E-state index in [-0.39, 0.29) is 11.7 Å². The SMILES string of the molecule is Cc1cccn2c(=O)cc(CN(CC(C)O)C3CCCCC3)nc12. The minimum Gasteiger partial charge on any atom is -0.392 e. The topological polar surface area (TPSA) is 57.8 Å². The maximum atomic E-state index is 12.4. The molecule has 0 aromatic carbocycles. The molecule has 2 aromatic heterocycles. The van der Waals surface area contributed by atoms with Gasteiger partial charge in [0.15, 0.2) is 0 Å². The summed E-state index contributed by atoms with van der Waals surface area (Å²) >= 11 is 0. The molecule has 0 amide bonds. The third-order valence-electron chi connectivity index (χ3n) is 4.89. The van der Waals surface area contributed by atoms with Crippen LogP contribution in [0, 0.1) is 6.92 Å². The van der Waals surface area contributed by atoms with Crippen molar-refractivity contribution in [3.8, 4) is 0 Å². The lowest BCUT2D eigenvalue weighted by molar-refractivity contribution is 0.0760. The van der Waals surface area contributed by atoms with Crippen LogP contribution in [0.2, 0.25) is 0 Å². The third kappa shape index (κ3) is 3.84. The van der Waals surface area contributed by atoms with Crippen LogP contribution in [0.4, 0.5) is 0 Å². The van der Waals surface area contributed by atoms with E-state index in [4.69, 9.17) is 4.98 Å². The largest absolute Gasteiger partial charge is 0.392 e. The van der Waals surface area contributed by atoms with Gasteiger partial charge in [0.2, 0.25) is 0 Å². The number of aryl methyl sites for hydroxylation is 1. The van der Waals surface area contributed by atoms with Gasteiger partial charge in [-0.05, 0) is 38.3 Å². The molecule has 0 spiro atoms. The van der Waals surface area contributed by atoms with Crippen molar-refractivity contribution in [1.29, 1.82) is 0 Å². The summed E-state index contributed by atoms with van der Waals surface area (Å²) in [7, 11) is 0. The zero-order valence-corrected chi connectivity index (χ0v) is 14.6. The maximum Gasteiger partial charge on any atom is 0.258 e. The Morgan fingerprint density at radius 3 is 2.83 bits per heavy atom. The van der Waals surface area contributed by atoms with Gasteiger partial charge in [0.25, 0.3) is 5.56 Å². The molecule has 0 saturated heterocycles. The van der Waals surface area contributed by atoms with E-state index in [1.54, 1.807) is 16.7 Å². The zero-order chi connectivity index (χ0) is 17.1. The van der Waals surface area contributed by atoms with Crippen molar-refractivity contribution >= 4 is 5.65 Å². The van der Waals surface area contributed by atoms with Gasteiger partial charge in [0.05, 0.1) is 11.8 Å². The highest BCUT2D eigenvalue weighted by Gasteiger charge is 2.23. The fourth-order valence-electron chi connectivity index (χ4n) is 3.73. The van der Waals surface area contributed by atoms with Crippen LogP contribution in [0.1, 0.15) is 50.3 Å². The average molecular weight is 329 g/mol. The highest BCUT2D eigenvalue weighted by molar-refractivity contribution is 5.46. The molecular weight excluding hydrogens is 302 g/mol. The summed E-state index contributed by atoms with van der Waals surface area (Å²) < 4.78 is 1.60. The molecule has 5 heteroatoms. The molecule has 24 heavy (non-hydrogen) atoms.